The first-order chi connectivity index (χ1) is 7.11. The van der Waals surface area contributed by atoms with Gasteiger partial charge in [0.05, 0.1) is 0 Å². The van der Waals surface area contributed by atoms with Crippen LogP contribution in [0.1, 0.15) is 42.1 Å². The van der Waals surface area contributed by atoms with Crippen LogP contribution in [0.25, 0.3) is 0 Å². The smallest absolute Gasteiger partial charge is 0.0430 e. The Morgan fingerprint density at radius 3 is 2.70 bits per heavy atom. The van der Waals surface area contributed by atoms with E-state index < -0.39 is 19.7 Å². The fraction of sp³-hybridized carbons (Fsp3) is 1.00. The zero-order chi connectivity index (χ0) is 12.6. The number of hydrogen-bond donors (Lipinski definition) is 0. The highest BCUT2D eigenvalue weighted by Crippen LogP contribution is 2.07. The lowest BCUT2D eigenvalue weighted by molar-refractivity contribution is 0.229. The highest BCUT2D eigenvalue weighted by atomic mass is 35.5. The molecule has 1 saturated heterocycles. The first-order valence-corrected chi connectivity index (χ1v) is 3.36. The summed E-state index contributed by atoms with van der Waals surface area (Å²) in [5, 5.41) is 0. The summed E-state index contributed by atoms with van der Waals surface area (Å²) in [5.74, 6) is 0. The van der Waals surface area contributed by atoms with Crippen LogP contribution in [0.5, 0.6) is 0 Å². The molecule has 0 atom stereocenters. The van der Waals surface area contributed by atoms with Gasteiger partial charge in [0.1, 0.15) is 0 Å². The number of hydrogen-bond acceptors (Lipinski definition) is 1. The van der Waals surface area contributed by atoms with Crippen LogP contribution >= 0.6 is 12.4 Å². The van der Waals surface area contributed by atoms with E-state index in [4.69, 9.17) is 9.60 Å². The van der Waals surface area contributed by atoms with Crippen LogP contribution < -0.4 is 0 Å². The Morgan fingerprint density at radius 1 is 1.40 bits per heavy atom. The molecule has 10 heavy (non-hydrogen) atoms. The molecule has 1 aliphatic heterocycles. The lowest BCUT2D eigenvalue weighted by Gasteiger charge is -2.25. The van der Waals surface area contributed by atoms with Crippen molar-refractivity contribution in [2.24, 2.45) is 0 Å². The second-order valence-electron chi connectivity index (χ2n) is 2.28. The average molecular weight is 171 g/mol. The normalized spacial score (nSPS) is 34.6. The van der Waals surface area contributed by atoms with Crippen molar-refractivity contribution >= 4 is 12.4 Å². The summed E-state index contributed by atoms with van der Waals surface area (Å²) in [5.41, 5.74) is 0. The molecule has 0 amide bonds. The van der Waals surface area contributed by atoms with Gasteiger partial charge in [0.2, 0.25) is 0 Å². The van der Waals surface area contributed by atoms with E-state index in [-0.39, 0.29) is 12.4 Å². The first kappa shape index (κ1) is 3.32. The number of nitrogens with zero attached hydrogens (tertiary/aromatic N) is 1. The maximum atomic E-state index is 7.74. The van der Waals surface area contributed by atoms with Crippen LogP contribution in [0, 0.1) is 0 Å². The zero-order valence-corrected chi connectivity index (χ0v) is 6.71. The van der Waals surface area contributed by atoms with Gasteiger partial charge in [-0.05, 0) is 38.8 Å². The summed E-state index contributed by atoms with van der Waals surface area (Å²) in [6.07, 6.45) is -0.284. The van der Waals surface area contributed by atoms with Crippen molar-refractivity contribution in [3.8, 4) is 0 Å². The van der Waals surface area contributed by atoms with E-state index in [1.165, 1.54) is 4.90 Å². The van der Waals surface area contributed by atoms with Crippen molar-refractivity contribution in [3.05, 3.63) is 0 Å². The maximum absolute atomic E-state index is 7.74. The molecular weight excluding hydrogens is 146 g/mol. The highest BCUT2D eigenvalue weighted by Gasteiger charge is 2.07. The van der Waals surface area contributed by atoms with E-state index >= 15 is 0 Å². The van der Waals surface area contributed by atoms with Crippen LogP contribution in [0.3, 0.4) is 0 Å². The quantitative estimate of drug-likeness (QED) is 0.615. The Bertz CT molecular complexity index is 247. The monoisotopic (exact) mass is 170 g/mol. The largest absolute Gasteiger partial charge is 0.303 e. The summed E-state index contributed by atoms with van der Waals surface area (Å²) in [6, 6.07) is 0. The Kier molecular flexibility index (Phi) is 1.99. The molecule has 0 N–H and O–H groups in total. The lowest BCUT2D eigenvalue weighted by atomic mass is 10.1. The predicted molar refractivity (Wildman–Crippen MR) is 47.8 cm³/mol. The van der Waals surface area contributed by atoms with Gasteiger partial charge in [-0.3, -0.25) is 0 Å². The standard InChI is InChI=1S/C8H17N.ClH/c1-2-6-9-7-4-3-5-8-9;/h2-8H2,1H3;1H/i1D3,2D2,6D2;. The molecule has 1 aliphatic rings. The van der Waals surface area contributed by atoms with Gasteiger partial charge in [0.25, 0.3) is 0 Å². The molecule has 0 bridgehead atoms. The third-order valence-corrected chi connectivity index (χ3v) is 1.57. The van der Waals surface area contributed by atoms with E-state index in [2.05, 4.69) is 0 Å². The van der Waals surface area contributed by atoms with E-state index in [0.29, 0.717) is 13.1 Å². The van der Waals surface area contributed by atoms with Gasteiger partial charge < -0.3 is 4.90 Å². The summed E-state index contributed by atoms with van der Waals surface area (Å²) < 4.78 is 51.8. The molecule has 0 unspecified atom stereocenters. The topological polar surface area (TPSA) is 3.24 Å². The molecule has 0 aliphatic carbocycles. The summed E-state index contributed by atoms with van der Waals surface area (Å²) in [7, 11) is 0. The van der Waals surface area contributed by atoms with E-state index in [9.17, 15) is 0 Å². The molecule has 62 valence electrons. The Hall–Kier alpha value is 0.250. The summed E-state index contributed by atoms with van der Waals surface area (Å²) in [4.78, 5) is 1.31. The van der Waals surface area contributed by atoms with Crippen molar-refractivity contribution in [1.29, 1.82) is 0 Å². The summed E-state index contributed by atoms with van der Waals surface area (Å²) in [6.45, 7) is -4.56. The second kappa shape index (κ2) is 5.99. The van der Waals surface area contributed by atoms with Crippen LogP contribution in [0.15, 0.2) is 0 Å². The number of rotatable bonds is 2. The fourth-order valence-corrected chi connectivity index (χ4v) is 1.08. The lowest BCUT2D eigenvalue weighted by Crippen LogP contribution is -2.30. The van der Waals surface area contributed by atoms with Crippen molar-refractivity contribution in [2.45, 2.75) is 32.5 Å². The van der Waals surface area contributed by atoms with Crippen molar-refractivity contribution in [1.82, 2.24) is 4.90 Å². The molecule has 2 heteroatoms. The third kappa shape index (κ3) is 3.43. The molecular formula is C8H18ClN. The Balaban J connectivity index is 0.00000256. The molecule has 1 heterocycles. The molecule has 0 radical (unpaired) electrons. The van der Waals surface area contributed by atoms with E-state index in [1.807, 2.05) is 0 Å². The maximum Gasteiger partial charge on any atom is 0.0430 e. The van der Waals surface area contributed by atoms with Crippen LogP contribution in [-0.4, -0.2) is 24.5 Å². The van der Waals surface area contributed by atoms with E-state index in [0.717, 1.165) is 19.3 Å². The molecule has 0 saturated carbocycles. The third-order valence-electron chi connectivity index (χ3n) is 1.57. The Morgan fingerprint density at radius 2 is 2.10 bits per heavy atom. The van der Waals surface area contributed by atoms with Gasteiger partial charge in [0.15, 0.2) is 0 Å². The average Bonchev–Trinajstić information content (AvgIpc) is 2.17. The predicted octanol–water partition coefficient (Wildman–Crippen LogP) is 2.30. The Labute approximate surface area is 80.0 Å². The SMILES string of the molecule is Cl.[2H]C([2H])([2H])C([2H])([2H])C([2H])([2H])N1CCCCC1. The van der Waals surface area contributed by atoms with Gasteiger partial charge in [-0.15, -0.1) is 12.4 Å². The van der Waals surface area contributed by atoms with Crippen molar-refractivity contribution in [3.63, 3.8) is 0 Å². The molecule has 1 fully saturated rings. The minimum absolute atomic E-state index is 0. The zero-order valence-electron chi connectivity index (χ0n) is 12.9. The second-order valence-corrected chi connectivity index (χ2v) is 2.28. The van der Waals surface area contributed by atoms with Crippen molar-refractivity contribution in [2.75, 3.05) is 19.6 Å². The van der Waals surface area contributed by atoms with Gasteiger partial charge in [0, 0.05) is 9.60 Å². The molecule has 0 aromatic carbocycles. The van der Waals surface area contributed by atoms with Crippen LogP contribution in [-0.2, 0) is 0 Å². The fourth-order valence-electron chi connectivity index (χ4n) is 1.08. The number of piperidine rings is 1. The van der Waals surface area contributed by atoms with Gasteiger partial charge in [-0.1, -0.05) is 13.3 Å². The summed E-state index contributed by atoms with van der Waals surface area (Å²) >= 11 is 0. The minimum Gasteiger partial charge on any atom is -0.303 e. The van der Waals surface area contributed by atoms with E-state index in [1.54, 1.807) is 0 Å². The molecule has 0 spiro atoms. The van der Waals surface area contributed by atoms with Gasteiger partial charge >= 0.3 is 0 Å². The van der Waals surface area contributed by atoms with Crippen LogP contribution in [0.2, 0.25) is 0 Å². The first-order valence-electron chi connectivity index (χ1n) is 6.86. The van der Waals surface area contributed by atoms with Crippen LogP contribution in [0.4, 0.5) is 0 Å². The number of halogens is 1. The van der Waals surface area contributed by atoms with Crippen molar-refractivity contribution < 1.29 is 9.60 Å². The molecule has 1 nitrogen and oxygen atoms in total. The molecule has 0 aromatic rings. The highest BCUT2D eigenvalue weighted by molar-refractivity contribution is 5.85. The minimum atomic E-state index is -2.95. The van der Waals surface area contributed by atoms with Gasteiger partial charge in [-0.25, -0.2) is 0 Å². The molecule has 1 rings (SSSR count). The van der Waals surface area contributed by atoms with Gasteiger partial charge in [-0.2, -0.15) is 0 Å². The molecule has 0 aromatic heterocycles. The number of likely N-dealkylation sites (tertiary alicyclic amines) is 1.